The third-order valence-corrected chi connectivity index (χ3v) is 5.18. The van der Waals surface area contributed by atoms with E-state index in [0.717, 1.165) is 12.0 Å². The highest BCUT2D eigenvalue weighted by Gasteiger charge is 2.37. The van der Waals surface area contributed by atoms with Crippen molar-refractivity contribution < 1.29 is 23.9 Å². The topological polar surface area (TPSA) is 131 Å². The summed E-state index contributed by atoms with van der Waals surface area (Å²) in [5.74, 6) is -1.42. The highest BCUT2D eigenvalue weighted by atomic mass is 16.6. The Hall–Kier alpha value is -3.10. The van der Waals surface area contributed by atoms with Crippen LogP contribution in [0.2, 0.25) is 0 Å². The van der Waals surface area contributed by atoms with Crippen LogP contribution < -0.4 is 16.4 Å². The first-order valence-corrected chi connectivity index (χ1v) is 12.6. The molecule has 202 valence electrons. The number of aryl methyl sites for hydroxylation is 1. The normalized spacial score (nSPS) is 13.3. The van der Waals surface area contributed by atoms with E-state index in [1.165, 1.54) is 4.90 Å². The van der Waals surface area contributed by atoms with Gasteiger partial charge in [-0.05, 0) is 71.9 Å². The molecule has 4 amide bonds. The maximum absolute atomic E-state index is 13.9. The van der Waals surface area contributed by atoms with E-state index in [4.69, 9.17) is 10.5 Å². The maximum Gasteiger partial charge on any atom is 0.408 e. The van der Waals surface area contributed by atoms with Crippen molar-refractivity contribution in [2.75, 3.05) is 6.54 Å². The van der Waals surface area contributed by atoms with E-state index >= 15 is 0 Å². The molecule has 1 aromatic rings. The second-order valence-electron chi connectivity index (χ2n) is 11.0. The fourth-order valence-corrected chi connectivity index (χ4v) is 3.65. The molecule has 0 aromatic heterocycles. The predicted octanol–water partition coefficient (Wildman–Crippen LogP) is 3.60. The average Bonchev–Trinajstić information content (AvgIpc) is 2.73. The van der Waals surface area contributed by atoms with Crippen LogP contribution in [0.5, 0.6) is 0 Å². The first-order chi connectivity index (χ1) is 16.6. The van der Waals surface area contributed by atoms with Gasteiger partial charge in [-0.2, -0.15) is 0 Å². The van der Waals surface area contributed by atoms with Crippen molar-refractivity contribution in [2.45, 2.75) is 104 Å². The minimum absolute atomic E-state index is 0.0179. The fraction of sp³-hybridized carbons (Fsp3) is 0.630. The third kappa shape index (κ3) is 10.7. The molecule has 0 aliphatic heterocycles. The molecule has 9 nitrogen and oxygen atoms in total. The van der Waals surface area contributed by atoms with Crippen LogP contribution in [0, 0.1) is 0 Å². The minimum Gasteiger partial charge on any atom is -0.444 e. The van der Waals surface area contributed by atoms with Gasteiger partial charge >= 0.3 is 6.09 Å². The number of ether oxygens (including phenoxy) is 1. The van der Waals surface area contributed by atoms with Gasteiger partial charge in [-0.3, -0.25) is 14.4 Å². The second kappa shape index (κ2) is 13.3. The molecule has 0 saturated carbocycles. The second-order valence-corrected chi connectivity index (χ2v) is 11.0. The van der Waals surface area contributed by atoms with Gasteiger partial charge in [-0.25, -0.2) is 4.79 Å². The Bertz CT molecular complexity index is 900. The Balaban J connectivity index is 3.47. The SMILES string of the molecule is CCCN(C(=O)C(CCC(N)=O)NC(=O)OC(C)(C)C)C(C(=O)NC(C)(C)C)c1ccc(CC)cc1. The average molecular weight is 505 g/mol. The quantitative estimate of drug-likeness (QED) is 0.424. The highest BCUT2D eigenvalue weighted by Crippen LogP contribution is 2.25. The highest BCUT2D eigenvalue weighted by molar-refractivity contribution is 5.92. The molecule has 1 aromatic carbocycles. The molecule has 0 heterocycles. The standard InChI is InChI=1S/C27H44N4O5/c1-9-17-31(24(34)20(15-16-21(28)32)29-25(35)36-27(6,7)8)22(23(33)30-26(3,4)5)19-13-11-18(10-2)12-14-19/h11-14,20,22H,9-10,15-17H2,1-8H3,(H2,28,32)(H,29,35)(H,30,33). The van der Waals surface area contributed by atoms with E-state index in [0.29, 0.717) is 12.0 Å². The molecule has 0 saturated heterocycles. The maximum atomic E-state index is 13.9. The van der Waals surface area contributed by atoms with Crippen molar-refractivity contribution in [3.05, 3.63) is 35.4 Å². The van der Waals surface area contributed by atoms with E-state index in [1.54, 1.807) is 20.8 Å². The van der Waals surface area contributed by atoms with Crippen LogP contribution in [0.4, 0.5) is 4.79 Å². The summed E-state index contributed by atoms with van der Waals surface area (Å²) >= 11 is 0. The molecule has 0 fully saturated rings. The molecule has 9 heteroatoms. The van der Waals surface area contributed by atoms with Crippen molar-refractivity contribution in [1.29, 1.82) is 0 Å². The summed E-state index contributed by atoms with van der Waals surface area (Å²) in [5.41, 5.74) is 5.79. The molecule has 2 atom stereocenters. The Kier molecular flexibility index (Phi) is 11.4. The van der Waals surface area contributed by atoms with Crippen LogP contribution in [0.3, 0.4) is 0 Å². The molecule has 0 spiro atoms. The number of nitrogens with one attached hydrogen (secondary N) is 2. The molecule has 0 bridgehead atoms. The molecule has 1 rings (SSSR count). The Morgan fingerprint density at radius 2 is 1.58 bits per heavy atom. The van der Waals surface area contributed by atoms with Gasteiger partial charge in [0.25, 0.3) is 0 Å². The molecule has 0 aliphatic carbocycles. The number of carbonyl (C=O) groups excluding carboxylic acids is 4. The van der Waals surface area contributed by atoms with Crippen LogP contribution in [-0.4, -0.2) is 52.4 Å². The van der Waals surface area contributed by atoms with E-state index in [1.807, 2.05) is 58.9 Å². The largest absolute Gasteiger partial charge is 0.444 e. The first kappa shape index (κ1) is 30.9. The summed E-state index contributed by atoms with van der Waals surface area (Å²) in [7, 11) is 0. The predicted molar refractivity (Wildman–Crippen MR) is 140 cm³/mol. The Morgan fingerprint density at radius 1 is 1.00 bits per heavy atom. The smallest absolute Gasteiger partial charge is 0.408 e. The van der Waals surface area contributed by atoms with Crippen molar-refractivity contribution in [1.82, 2.24) is 15.5 Å². The summed E-state index contributed by atoms with van der Waals surface area (Å²) in [5, 5.41) is 5.57. The Morgan fingerprint density at radius 3 is 2.03 bits per heavy atom. The third-order valence-electron chi connectivity index (χ3n) is 5.18. The van der Waals surface area contributed by atoms with Gasteiger partial charge in [0.05, 0.1) is 0 Å². The summed E-state index contributed by atoms with van der Waals surface area (Å²) in [6.45, 7) is 14.9. The van der Waals surface area contributed by atoms with E-state index < -0.39 is 41.1 Å². The lowest BCUT2D eigenvalue weighted by atomic mass is 9.98. The summed E-state index contributed by atoms with van der Waals surface area (Å²) in [6, 6.07) is 5.54. The van der Waals surface area contributed by atoms with Crippen molar-refractivity contribution >= 4 is 23.8 Å². The van der Waals surface area contributed by atoms with E-state index in [-0.39, 0.29) is 25.3 Å². The lowest BCUT2D eigenvalue weighted by Crippen LogP contribution is -2.55. The van der Waals surface area contributed by atoms with Gasteiger partial charge in [0, 0.05) is 18.5 Å². The van der Waals surface area contributed by atoms with Crippen LogP contribution in [0.1, 0.15) is 91.8 Å². The van der Waals surface area contributed by atoms with Gasteiger partial charge in [0.2, 0.25) is 17.7 Å². The number of primary amides is 1. The summed E-state index contributed by atoms with van der Waals surface area (Å²) in [6.07, 6.45) is 0.496. The van der Waals surface area contributed by atoms with Crippen LogP contribution >= 0.6 is 0 Å². The zero-order chi connectivity index (χ0) is 27.7. The monoisotopic (exact) mass is 504 g/mol. The molecule has 2 unspecified atom stereocenters. The van der Waals surface area contributed by atoms with Crippen LogP contribution in [0.15, 0.2) is 24.3 Å². The van der Waals surface area contributed by atoms with Crippen LogP contribution in [-0.2, 0) is 25.5 Å². The lowest BCUT2D eigenvalue weighted by Gasteiger charge is -2.36. The van der Waals surface area contributed by atoms with Gasteiger partial charge in [0.15, 0.2) is 0 Å². The zero-order valence-electron chi connectivity index (χ0n) is 23.1. The number of hydrogen-bond donors (Lipinski definition) is 3. The number of benzene rings is 1. The first-order valence-electron chi connectivity index (χ1n) is 12.6. The number of carbonyl (C=O) groups is 4. The van der Waals surface area contributed by atoms with Gasteiger partial charge in [-0.15, -0.1) is 0 Å². The van der Waals surface area contributed by atoms with Gasteiger partial charge in [0.1, 0.15) is 17.7 Å². The minimum atomic E-state index is -1.10. The number of rotatable bonds is 11. The Labute approximate surface area is 215 Å². The lowest BCUT2D eigenvalue weighted by molar-refractivity contribution is -0.143. The molecule has 0 aliphatic rings. The number of nitrogens with two attached hydrogens (primary N) is 1. The number of hydrogen-bond acceptors (Lipinski definition) is 5. The number of amides is 4. The molecule has 4 N–H and O–H groups in total. The van der Waals surface area contributed by atoms with Gasteiger partial charge in [-0.1, -0.05) is 38.1 Å². The van der Waals surface area contributed by atoms with Crippen LogP contribution in [0.25, 0.3) is 0 Å². The molecular formula is C27H44N4O5. The van der Waals surface area contributed by atoms with Crippen molar-refractivity contribution in [3.8, 4) is 0 Å². The van der Waals surface area contributed by atoms with Crippen molar-refractivity contribution in [2.24, 2.45) is 5.73 Å². The van der Waals surface area contributed by atoms with Gasteiger partial charge < -0.3 is 26.0 Å². The van der Waals surface area contributed by atoms with E-state index in [9.17, 15) is 19.2 Å². The zero-order valence-corrected chi connectivity index (χ0v) is 23.1. The molecule has 36 heavy (non-hydrogen) atoms. The fourth-order valence-electron chi connectivity index (χ4n) is 3.65. The van der Waals surface area contributed by atoms with E-state index in [2.05, 4.69) is 10.6 Å². The molecular weight excluding hydrogens is 460 g/mol. The number of nitrogens with zero attached hydrogens (tertiary/aromatic N) is 1. The summed E-state index contributed by atoms with van der Waals surface area (Å²) in [4.78, 5) is 52.9. The number of alkyl carbamates (subject to hydrolysis) is 1. The van der Waals surface area contributed by atoms with Crippen molar-refractivity contribution in [3.63, 3.8) is 0 Å². The summed E-state index contributed by atoms with van der Waals surface area (Å²) < 4.78 is 5.33. The molecule has 0 radical (unpaired) electrons.